The van der Waals surface area contributed by atoms with E-state index in [0.29, 0.717) is 43.0 Å². The monoisotopic (exact) mass is 381 g/mol. The first-order valence-electron chi connectivity index (χ1n) is 9.16. The maximum absolute atomic E-state index is 12.9. The molecule has 2 N–H and O–H groups in total. The van der Waals surface area contributed by atoms with Crippen LogP contribution >= 0.6 is 0 Å². The number of esters is 1. The van der Waals surface area contributed by atoms with Crippen molar-refractivity contribution in [3.63, 3.8) is 0 Å². The number of hydrogen-bond donors (Lipinski definition) is 2. The Hall–Kier alpha value is -2.35. The molecule has 1 rings (SSSR count). The zero-order chi connectivity index (χ0) is 20.6. The number of carbonyl (C=O) groups excluding carboxylic acids is 3. The van der Waals surface area contributed by atoms with Gasteiger partial charge in [0.25, 0.3) is 0 Å². The fourth-order valence-electron chi connectivity index (χ4n) is 2.82. The maximum atomic E-state index is 12.9. The summed E-state index contributed by atoms with van der Waals surface area (Å²) in [4.78, 5) is 41.5. The molecule has 0 aliphatic rings. The molecule has 2 amide bonds. The summed E-state index contributed by atoms with van der Waals surface area (Å²) in [6.07, 6.45) is 0.630. The number of methoxy groups -OCH3 is 1. The summed E-state index contributed by atoms with van der Waals surface area (Å²) in [6.45, 7) is 10.5. The second kappa shape index (κ2) is 10.7. The number of nitrogens with zero attached hydrogens (tertiary/aromatic N) is 1. The van der Waals surface area contributed by atoms with E-state index in [9.17, 15) is 14.4 Å². The summed E-state index contributed by atoms with van der Waals surface area (Å²) in [5.41, 5.74) is 1.79. The number of ether oxygens (including phenoxy) is 2. The van der Waals surface area contributed by atoms with Gasteiger partial charge >= 0.3 is 12.0 Å². The van der Waals surface area contributed by atoms with Gasteiger partial charge in [-0.2, -0.15) is 0 Å². The van der Waals surface area contributed by atoms with E-state index in [4.69, 9.17) is 9.47 Å². The Morgan fingerprint density at radius 3 is 2.44 bits per heavy atom. The molecule has 0 fully saturated rings. The van der Waals surface area contributed by atoms with Gasteiger partial charge in [-0.3, -0.25) is 4.79 Å². The molecule has 0 aliphatic heterocycles. The highest BCUT2D eigenvalue weighted by atomic mass is 16.5. The molecule has 8 nitrogen and oxygen atoms in total. The van der Waals surface area contributed by atoms with Crippen molar-refractivity contribution in [3.8, 4) is 0 Å². The Morgan fingerprint density at radius 1 is 1.22 bits per heavy atom. The standard InChI is InChI=1S/C19H31N3O5/c1-7-27-10-8-9-22(19(25)20-12(2)3)11-15(23)16-13(4)17(18(24)26-6)21-14(16)5/h12,21H,7-11H2,1-6H3,(H,20,25). The first-order valence-corrected chi connectivity index (χ1v) is 9.16. The number of Topliss-reactive ketones (excluding diaryl/α,β-unsaturated/α-hetero) is 1. The van der Waals surface area contributed by atoms with Crippen LogP contribution in [-0.2, 0) is 9.47 Å². The van der Waals surface area contributed by atoms with Crippen molar-refractivity contribution in [1.29, 1.82) is 0 Å². The van der Waals surface area contributed by atoms with Gasteiger partial charge in [-0.15, -0.1) is 0 Å². The molecular weight excluding hydrogens is 350 g/mol. The van der Waals surface area contributed by atoms with Crippen LogP contribution in [0.3, 0.4) is 0 Å². The third-order valence-corrected chi connectivity index (χ3v) is 4.06. The van der Waals surface area contributed by atoms with Crippen LogP contribution < -0.4 is 5.32 Å². The third kappa shape index (κ3) is 6.39. The molecule has 8 heteroatoms. The molecule has 0 saturated carbocycles. The summed E-state index contributed by atoms with van der Waals surface area (Å²) >= 11 is 0. The van der Waals surface area contributed by atoms with Crippen LogP contribution in [0, 0.1) is 13.8 Å². The fraction of sp³-hybridized carbons (Fsp3) is 0.632. The van der Waals surface area contributed by atoms with E-state index in [1.165, 1.54) is 12.0 Å². The van der Waals surface area contributed by atoms with E-state index in [1.54, 1.807) is 13.8 Å². The molecule has 27 heavy (non-hydrogen) atoms. The third-order valence-electron chi connectivity index (χ3n) is 4.06. The van der Waals surface area contributed by atoms with Gasteiger partial charge in [0.15, 0.2) is 5.78 Å². The van der Waals surface area contributed by atoms with Crippen molar-refractivity contribution >= 4 is 17.8 Å². The Bertz CT molecular complexity index is 667. The van der Waals surface area contributed by atoms with Crippen LogP contribution in [0.4, 0.5) is 4.79 Å². The van der Waals surface area contributed by atoms with Crippen LogP contribution in [-0.4, -0.2) is 67.1 Å². The summed E-state index contributed by atoms with van der Waals surface area (Å²) in [5, 5.41) is 2.81. The smallest absolute Gasteiger partial charge is 0.354 e. The highest BCUT2D eigenvalue weighted by Crippen LogP contribution is 2.20. The lowest BCUT2D eigenvalue weighted by atomic mass is 10.1. The molecule has 0 unspecified atom stereocenters. The first-order chi connectivity index (χ1) is 12.7. The van der Waals surface area contributed by atoms with Gasteiger partial charge in [-0.1, -0.05) is 0 Å². The van der Waals surface area contributed by atoms with Crippen molar-refractivity contribution in [2.75, 3.05) is 33.4 Å². The number of hydrogen-bond acceptors (Lipinski definition) is 5. The molecular formula is C19H31N3O5. The van der Waals surface area contributed by atoms with Crippen molar-refractivity contribution < 1.29 is 23.9 Å². The van der Waals surface area contributed by atoms with Crippen molar-refractivity contribution in [2.24, 2.45) is 0 Å². The number of H-pyrrole nitrogens is 1. The normalized spacial score (nSPS) is 10.8. The molecule has 0 bridgehead atoms. The Balaban J connectivity index is 2.96. The largest absolute Gasteiger partial charge is 0.464 e. The molecule has 0 radical (unpaired) electrons. The van der Waals surface area contributed by atoms with E-state index in [1.807, 2.05) is 20.8 Å². The second-order valence-electron chi connectivity index (χ2n) is 6.62. The van der Waals surface area contributed by atoms with Crippen LogP contribution in [0.25, 0.3) is 0 Å². The predicted molar refractivity (Wildman–Crippen MR) is 102 cm³/mol. The topological polar surface area (TPSA) is 101 Å². The van der Waals surface area contributed by atoms with Gasteiger partial charge < -0.3 is 24.7 Å². The van der Waals surface area contributed by atoms with E-state index in [-0.39, 0.29) is 30.1 Å². The summed E-state index contributed by atoms with van der Waals surface area (Å²) in [6, 6.07) is -0.336. The van der Waals surface area contributed by atoms with Gasteiger partial charge in [0.05, 0.1) is 13.7 Å². The number of amides is 2. The average Bonchev–Trinajstić information content (AvgIpc) is 2.90. The fourth-order valence-corrected chi connectivity index (χ4v) is 2.82. The molecule has 0 spiro atoms. The number of aromatic nitrogens is 1. The molecule has 0 aromatic carbocycles. The molecule has 1 heterocycles. The zero-order valence-electron chi connectivity index (χ0n) is 17.1. The number of rotatable bonds is 10. The minimum Gasteiger partial charge on any atom is -0.464 e. The van der Waals surface area contributed by atoms with Crippen molar-refractivity contribution in [2.45, 2.75) is 47.1 Å². The Labute approximate surface area is 160 Å². The number of carbonyl (C=O) groups is 3. The summed E-state index contributed by atoms with van der Waals surface area (Å²) in [5.74, 6) is -0.757. The molecule has 0 atom stereocenters. The van der Waals surface area contributed by atoms with Crippen molar-refractivity contribution in [1.82, 2.24) is 15.2 Å². The lowest BCUT2D eigenvalue weighted by molar-refractivity contribution is 0.0593. The minimum absolute atomic E-state index is 0.0383. The number of nitrogens with one attached hydrogen (secondary N) is 2. The summed E-state index contributed by atoms with van der Waals surface area (Å²) in [7, 11) is 1.29. The first kappa shape index (κ1) is 22.7. The van der Waals surface area contributed by atoms with E-state index in [0.717, 1.165) is 0 Å². The highest BCUT2D eigenvalue weighted by Gasteiger charge is 2.25. The molecule has 0 aliphatic carbocycles. The van der Waals surface area contributed by atoms with E-state index < -0.39 is 5.97 Å². The number of aromatic amines is 1. The van der Waals surface area contributed by atoms with Gasteiger partial charge in [0.2, 0.25) is 0 Å². The SMILES string of the molecule is CCOCCCN(CC(=O)c1c(C)[nH]c(C(=O)OC)c1C)C(=O)NC(C)C. The predicted octanol–water partition coefficient (Wildman–Crippen LogP) is 2.45. The second-order valence-corrected chi connectivity index (χ2v) is 6.62. The lowest BCUT2D eigenvalue weighted by Crippen LogP contribution is -2.45. The zero-order valence-corrected chi connectivity index (χ0v) is 17.1. The van der Waals surface area contributed by atoms with Gasteiger partial charge in [-0.25, -0.2) is 9.59 Å². The molecule has 0 saturated heterocycles. The maximum Gasteiger partial charge on any atom is 0.354 e. The van der Waals surface area contributed by atoms with Gasteiger partial charge in [0.1, 0.15) is 5.69 Å². The van der Waals surface area contributed by atoms with E-state index >= 15 is 0 Å². The van der Waals surface area contributed by atoms with Gasteiger partial charge in [-0.05, 0) is 46.6 Å². The van der Waals surface area contributed by atoms with Crippen LogP contribution in [0.5, 0.6) is 0 Å². The minimum atomic E-state index is -0.527. The van der Waals surface area contributed by atoms with Crippen LogP contribution in [0.15, 0.2) is 0 Å². The lowest BCUT2D eigenvalue weighted by Gasteiger charge is -2.24. The molecule has 1 aromatic heterocycles. The molecule has 1 aromatic rings. The Kier molecular flexibility index (Phi) is 9.00. The number of ketones is 1. The quantitative estimate of drug-likeness (QED) is 0.368. The van der Waals surface area contributed by atoms with Crippen molar-refractivity contribution in [3.05, 3.63) is 22.5 Å². The highest BCUT2D eigenvalue weighted by molar-refractivity contribution is 6.04. The Morgan fingerprint density at radius 2 is 1.89 bits per heavy atom. The van der Waals surface area contributed by atoms with Crippen LogP contribution in [0.2, 0.25) is 0 Å². The number of urea groups is 1. The van der Waals surface area contributed by atoms with E-state index in [2.05, 4.69) is 10.3 Å². The molecule has 152 valence electrons. The van der Waals surface area contributed by atoms with Crippen LogP contribution in [0.1, 0.15) is 59.3 Å². The average molecular weight is 381 g/mol. The summed E-state index contributed by atoms with van der Waals surface area (Å²) < 4.78 is 10.0. The number of aryl methyl sites for hydroxylation is 1. The van der Waals surface area contributed by atoms with Gasteiger partial charge in [0, 0.05) is 37.1 Å².